The van der Waals surface area contributed by atoms with E-state index < -0.39 is 0 Å². The van der Waals surface area contributed by atoms with Crippen molar-refractivity contribution in [3.05, 3.63) is 52.3 Å². The first-order valence-corrected chi connectivity index (χ1v) is 7.39. The molecule has 0 bridgehead atoms. The van der Waals surface area contributed by atoms with Gasteiger partial charge < -0.3 is 5.73 Å². The summed E-state index contributed by atoms with van der Waals surface area (Å²) < 4.78 is 3.08. The van der Waals surface area contributed by atoms with Crippen LogP contribution in [-0.2, 0) is 6.42 Å². The van der Waals surface area contributed by atoms with Crippen LogP contribution in [0.2, 0.25) is 0 Å². The van der Waals surface area contributed by atoms with E-state index in [0.717, 1.165) is 16.6 Å². The molecule has 0 saturated carbocycles. The third-order valence-electron chi connectivity index (χ3n) is 3.25. The summed E-state index contributed by atoms with van der Waals surface area (Å²) in [6.45, 7) is 4.89. The molecular weight excluding hydrogens is 302 g/mol. The molecule has 2 aromatic rings. The lowest BCUT2D eigenvalue weighted by Gasteiger charge is -2.14. The molecule has 19 heavy (non-hydrogen) atoms. The second-order valence-electron chi connectivity index (χ2n) is 5.07. The van der Waals surface area contributed by atoms with Crippen molar-refractivity contribution in [1.29, 1.82) is 0 Å². The Morgan fingerprint density at radius 3 is 2.68 bits per heavy atom. The fourth-order valence-electron chi connectivity index (χ4n) is 2.12. The van der Waals surface area contributed by atoms with E-state index in [-0.39, 0.29) is 0 Å². The van der Waals surface area contributed by atoms with Gasteiger partial charge in [-0.3, -0.25) is 4.68 Å². The molecule has 1 aromatic carbocycles. The van der Waals surface area contributed by atoms with Gasteiger partial charge in [-0.05, 0) is 50.6 Å². The van der Waals surface area contributed by atoms with Gasteiger partial charge in [-0.15, -0.1) is 0 Å². The molecule has 0 aliphatic carbocycles. The third-order valence-corrected chi connectivity index (χ3v) is 3.75. The van der Waals surface area contributed by atoms with Crippen molar-refractivity contribution < 1.29 is 0 Å². The molecule has 0 saturated heterocycles. The van der Waals surface area contributed by atoms with Crippen molar-refractivity contribution in [2.75, 3.05) is 6.54 Å². The van der Waals surface area contributed by atoms with Crippen LogP contribution in [0.3, 0.4) is 0 Å². The van der Waals surface area contributed by atoms with E-state index in [1.807, 2.05) is 16.9 Å². The zero-order chi connectivity index (χ0) is 13.8. The van der Waals surface area contributed by atoms with Gasteiger partial charge in [0.15, 0.2) is 0 Å². The van der Waals surface area contributed by atoms with Crippen LogP contribution in [0.1, 0.15) is 37.1 Å². The molecule has 0 amide bonds. The van der Waals surface area contributed by atoms with Crippen molar-refractivity contribution in [3.63, 3.8) is 0 Å². The Kier molecular flexibility index (Phi) is 4.77. The number of benzene rings is 1. The highest BCUT2D eigenvalue weighted by molar-refractivity contribution is 9.10. The van der Waals surface area contributed by atoms with Crippen LogP contribution < -0.4 is 5.73 Å². The molecule has 0 aliphatic heterocycles. The van der Waals surface area contributed by atoms with Gasteiger partial charge in [0, 0.05) is 22.6 Å². The number of nitrogens with two attached hydrogens (primary N) is 1. The first-order chi connectivity index (χ1) is 9.10. The average Bonchev–Trinajstić information content (AvgIpc) is 2.84. The van der Waals surface area contributed by atoms with E-state index in [4.69, 9.17) is 5.73 Å². The number of nitrogens with zero attached hydrogens (tertiary/aromatic N) is 2. The second-order valence-corrected chi connectivity index (χ2v) is 5.99. The fraction of sp³-hybridized carbons (Fsp3) is 0.400. The van der Waals surface area contributed by atoms with Gasteiger partial charge in [-0.1, -0.05) is 28.1 Å². The summed E-state index contributed by atoms with van der Waals surface area (Å²) in [7, 11) is 0. The van der Waals surface area contributed by atoms with E-state index in [2.05, 4.69) is 59.1 Å². The largest absolute Gasteiger partial charge is 0.330 e. The Labute approximate surface area is 122 Å². The first-order valence-electron chi connectivity index (χ1n) is 6.59. The summed E-state index contributed by atoms with van der Waals surface area (Å²) in [5.74, 6) is 0.313. The van der Waals surface area contributed by atoms with Crippen molar-refractivity contribution in [1.82, 2.24) is 9.78 Å². The SMILES string of the molecule is CC(C)n1ccc(CC(CN)c2cccc(Br)c2)n1. The van der Waals surface area contributed by atoms with Crippen molar-refractivity contribution in [2.45, 2.75) is 32.2 Å². The normalized spacial score (nSPS) is 12.9. The summed E-state index contributed by atoms with van der Waals surface area (Å²) in [5, 5.41) is 4.59. The third kappa shape index (κ3) is 3.67. The minimum Gasteiger partial charge on any atom is -0.330 e. The minimum absolute atomic E-state index is 0.313. The molecule has 1 heterocycles. The maximum Gasteiger partial charge on any atom is 0.0631 e. The smallest absolute Gasteiger partial charge is 0.0631 e. The van der Waals surface area contributed by atoms with Gasteiger partial charge in [0.05, 0.1) is 5.69 Å². The Morgan fingerprint density at radius 2 is 2.11 bits per heavy atom. The van der Waals surface area contributed by atoms with Gasteiger partial charge in [0.25, 0.3) is 0 Å². The van der Waals surface area contributed by atoms with Crippen LogP contribution in [0, 0.1) is 0 Å². The standard InChI is InChI=1S/C15H20BrN3/c1-11(2)19-7-6-15(18-19)9-13(10-17)12-4-3-5-14(16)8-12/h3-8,11,13H,9-10,17H2,1-2H3. The summed E-state index contributed by atoms with van der Waals surface area (Å²) in [5.41, 5.74) is 8.28. The molecule has 3 nitrogen and oxygen atoms in total. The Hall–Kier alpha value is -1.13. The highest BCUT2D eigenvalue weighted by Crippen LogP contribution is 2.22. The summed E-state index contributed by atoms with van der Waals surface area (Å²) in [4.78, 5) is 0. The molecule has 1 aromatic heterocycles. The summed E-state index contributed by atoms with van der Waals surface area (Å²) >= 11 is 3.51. The highest BCUT2D eigenvalue weighted by Gasteiger charge is 2.13. The van der Waals surface area contributed by atoms with Crippen LogP contribution in [0.5, 0.6) is 0 Å². The molecule has 0 spiro atoms. The number of aromatic nitrogens is 2. The average molecular weight is 322 g/mol. The molecule has 102 valence electrons. The molecule has 0 aliphatic rings. The van der Waals surface area contributed by atoms with Crippen LogP contribution in [0.15, 0.2) is 41.0 Å². The quantitative estimate of drug-likeness (QED) is 0.915. The predicted molar refractivity (Wildman–Crippen MR) is 82.3 cm³/mol. The van der Waals surface area contributed by atoms with Gasteiger partial charge >= 0.3 is 0 Å². The Morgan fingerprint density at radius 1 is 1.32 bits per heavy atom. The predicted octanol–water partition coefficient (Wildman–Crippen LogP) is 3.51. The van der Waals surface area contributed by atoms with Crippen molar-refractivity contribution in [2.24, 2.45) is 5.73 Å². The molecule has 2 N–H and O–H groups in total. The molecule has 2 rings (SSSR count). The van der Waals surface area contributed by atoms with E-state index in [1.165, 1.54) is 5.56 Å². The maximum atomic E-state index is 5.92. The van der Waals surface area contributed by atoms with Gasteiger partial charge in [0.2, 0.25) is 0 Å². The lowest BCUT2D eigenvalue weighted by atomic mass is 9.94. The number of hydrogen-bond acceptors (Lipinski definition) is 2. The minimum atomic E-state index is 0.313. The van der Waals surface area contributed by atoms with Crippen molar-refractivity contribution in [3.8, 4) is 0 Å². The molecule has 1 atom stereocenters. The first kappa shape index (κ1) is 14.3. The number of halogens is 1. The van der Waals surface area contributed by atoms with Gasteiger partial charge in [0.1, 0.15) is 0 Å². The Balaban J connectivity index is 2.14. The van der Waals surface area contributed by atoms with Crippen LogP contribution in [0.4, 0.5) is 0 Å². The lowest BCUT2D eigenvalue weighted by molar-refractivity contribution is 0.522. The van der Waals surface area contributed by atoms with E-state index >= 15 is 0 Å². The van der Waals surface area contributed by atoms with E-state index in [9.17, 15) is 0 Å². The second kappa shape index (κ2) is 6.35. The highest BCUT2D eigenvalue weighted by atomic mass is 79.9. The van der Waals surface area contributed by atoms with Crippen LogP contribution in [-0.4, -0.2) is 16.3 Å². The molecule has 4 heteroatoms. The van der Waals surface area contributed by atoms with Crippen LogP contribution in [0.25, 0.3) is 0 Å². The monoisotopic (exact) mass is 321 g/mol. The molecule has 0 fully saturated rings. The fourth-order valence-corrected chi connectivity index (χ4v) is 2.54. The maximum absolute atomic E-state index is 5.92. The van der Waals surface area contributed by atoms with Gasteiger partial charge in [-0.25, -0.2) is 0 Å². The topological polar surface area (TPSA) is 43.8 Å². The molecule has 0 radical (unpaired) electrons. The summed E-state index contributed by atoms with van der Waals surface area (Å²) in [6, 6.07) is 10.8. The summed E-state index contributed by atoms with van der Waals surface area (Å²) in [6.07, 6.45) is 2.92. The molecular formula is C15H20BrN3. The zero-order valence-electron chi connectivity index (χ0n) is 11.4. The van der Waals surface area contributed by atoms with Crippen molar-refractivity contribution >= 4 is 15.9 Å². The van der Waals surface area contributed by atoms with Crippen LogP contribution >= 0.6 is 15.9 Å². The zero-order valence-corrected chi connectivity index (χ0v) is 13.0. The number of hydrogen-bond donors (Lipinski definition) is 1. The Bertz CT molecular complexity index is 534. The van der Waals surface area contributed by atoms with E-state index in [0.29, 0.717) is 18.5 Å². The number of rotatable bonds is 5. The van der Waals surface area contributed by atoms with Gasteiger partial charge in [-0.2, -0.15) is 5.10 Å². The van der Waals surface area contributed by atoms with E-state index in [1.54, 1.807) is 0 Å². The lowest BCUT2D eigenvalue weighted by Crippen LogP contribution is -2.15. The molecule has 1 unspecified atom stereocenters.